The minimum Gasteiger partial charge on any atom is -0.493 e. The van der Waals surface area contributed by atoms with Crippen LogP contribution in [0.1, 0.15) is 32.3 Å². The lowest BCUT2D eigenvalue weighted by molar-refractivity contribution is 0.310. The number of tetrazole rings is 1. The standard InChI is InChI=1S/C15H23N5O2/c1-4-6-9-20-15(17-18-19-20)16-11-12-7-8-13(22-5-2)14(10-12)21-3/h7-8,10H,4-6,9,11H2,1-3H3,(H,16,17,19). The highest BCUT2D eigenvalue weighted by molar-refractivity contribution is 5.43. The largest absolute Gasteiger partial charge is 0.493 e. The summed E-state index contributed by atoms with van der Waals surface area (Å²) in [5.74, 6) is 2.16. The third kappa shape index (κ3) is 4.09. The van der Waals surface area contributed by atoms with E-state index in [2.05, 4.69) is 27.8 Å². The third-order valence-electron chi connectivity index (χ3n) is 3.23. The Bertz CT molecular complexity index is 585. The molecule has 0 saturated heterocycles. The van der Waals surface area contributed by atoms with Crippen LogP contribution >= 0.6 is 0 Å². The van der Waals surface area contributed by atoms with Crippen LogP contribution in [0.4, 0.5) is 5.95 Å². The number of unbranched alkanes of at least 4 members (excludes halogenated alkanes) is 1. The highest BCUT2D eigenvalue weighted by Gasteiger charge is 2.08. The monoisotopic (exact) mass is 305 g/mol. The molecule has 0 atom stereocenters. The van der Waals surface area contributed by atoms with Gasteiger partial charge in [0.2, 0.25) is 5.95 Å². The van der Waals surface area contributed by atoms with Gasteiger partial charge in [-0.05, 0) is 41.5 Å². The molecule has 1 heterocycles. The van der Waals surface area contributed by atoms with Gasteiger partial charge in [-0.15, -0.1) is 0 Å². The number of anilines is 1. The van der Waals surface area contributed by atoms with Crippen LogP contribution in [-0.4, -0.2) is 33.9 Å². The number of ether oxygens (including phenoxy) is 2. The second-order valence-electron chi connectivity index (χ2n) is 4.85. The van der Waals surface area contributed by atoms with Gasteiger partial charge in [0.05, 0.1) is 13.7 Å². The molecule has 0 radical (unpaired) electrons. The molecule has 0 aliphatic heterocycles. The number of hydrogen-bond donors (Lipinski definition) is 1. The number of benzene rings is 1. The number of methoxy groups -OCH3 is 1. The molecule has 0 spiro atoms. The lowest BCUT2D eigenvalue weighted by atomic mass is 10.2. The average molecular weight is 305 g/mol. The van der Waals surface area contributed by atoms with Crippen molar-refractivity contribution >= 4 is 5.95 Å². The minimum absolute atomic E-state index is 0.611. The smallest absolute Gasteiger partial charge is 0.243 e. The first kappa shape index (κ1) is 16.1. The van der Waals surface area contributed by atoms with Crippen molar-refractivity contribution in [3.05, 3.63) is 23.8 Å². The van der Waals surface area contributed by atoms with Crippen molar-refractivity contribution in [1.29, 1.82) is 0 Å². The second-order valence-corrected chi connectivity index (χ2v) is 4.85. The summed E-state index contributed by atoms with van der Waals surface area (Å²) < 4.78 is 12.7. The highest BCUT2D eigenvalue weighted by atomic mass is 16.5. The topological polar surface area (TPSA) is 74.1 Å². The number of nitrogens with zero attached hydrogens (tertiary/aromatic N) is 4. The summed E-state index contributed by atoms with van der Waals surface area (Å²) in [6, 6.07) is 5.87. The van der Waals surface area contributed by atoms with E-state index in [-0.39, 0.29) is 0 Å². The number of hydrogen-bond acceptors (Lipinski definition) is 6. The zero-order chi connectivity index (χ0) is 15.8. The molecule has 22 heavy (non-hydrogen) atoms. The third-order valence-corrected chi connectivity index (χ3v) is 3.23. The molecule has 7 heteroatoms. The summed E-state index contributed by atoms with van der Waals surface area (Å²) >= 11 is 0. The summed E-state index contributed by atoms with van der Waals surface area (Å²) in [6.07, 6.45) is 2.16. The first-order valence-corrected chi connectivity index (χ1v) is 7.58. The van der Waals surface area contributed by atoms with E-state index in [1.54, 1.807) is 11.8 Å². The molecule has 2 aromatic rings. The van der Waals surface area contributed by atoms with Crippen LogP contribution in [0.15, 0.2) is 18.2 Å². The number of nitrogens with one attached hydrogen (secondary N) is 1. The summed E-state index contributed by atoms with van der Waals surface area (Å²) in [7, 11) is 1.64. The average Bonchev–Trinajstić information content (AvgIpc) is 2.99. The van der Waals surface area contributed by atoms with Gasteiger partial charge < -0.3 is 14.8 Å². The molecule has 0 bridgehead atoms. The second kappa shape index (κ2) is 8.21. The summed E-state index contributed by atoms with van der Waals surface area (Å²) in [6.45, 7) is 6.14. The molecular weight excluding hydrogens is 282 g/mol. The van der Waals surface area contributed by atoms with Gasteiger partial charge in [-0.2, -0.15) is 0 Å². The van der Waals surface area contributed by atoms with Crippen LogP contribution in [0, 0.1) is 0 Å². The first-order chi connectivity index (χ1) is 10.8. The Morgan fingerprint density at radius 3 is 2.82 bits per heavy atom. The van der Waals surface area contributed by atoms with Crippen LogP contribution in [0.3, 0.4) is 0 Å². The van der Waals surface area contributed by atoms with Crippen molar-refractivity contribution in [3.63, 3.8) is 0 Å². The van der Waals surface area contributed by atoms with Crippen molar-refractivity contribution < 1.29 is 9.47 Å². The zero-order valence-corrected chi connectivity index (χ0v) is 13.4. The van der Waals surface area contributed by atoms with E-state index in [0.717, 1.165) is 36.4 Å². The molecule has 1 aromatic carbocycles. The lowest BCUT2D eigenvalue weighted by Crippen LogP contribution is -2.09. The van der Waals surface area contributed by atoms with Crippen LogP contribution in [0.25, 0.3) is 0 Å². The number of aryl methyl sites for hydroxylation is 1. The fourth-order valence-electron chi connectivity index (χ4n) is 2.07. The van der Waals surface area contributed by atoms with Gasteiger partial charge in [0.1, 0.15) is 0 Å². The summed E-state index contributed by atoms with van der Waals surface area (Å²) in [5.41, 5.74) is 1.07. The van der Waals surface area contributed by atoms with Crippen molar-refractivity contribution in [3.8, 4) is 11.5 Å². The Balaban J connectivity index is 2.01. The molecule has 1 N–H and O–H groups in total. The number of aromatic nitrogens is 4. The molecular formula is C15H23N5O2. The maximum absolute atomic E-state index is 5.51. The molecule has 0 fully saturated rings. The van der Waals surface area contributed by atoms with Crippen molar-refractivity contribution in [2.45, 2.75) is 39.8 Å². The van der Waals surface area contributed by atoms with Crippen molar-refractivity contribution in [1.82, 2.24) is 20.2 Å². The molecule has 7 nitrogen and oxygen atoms in total. The molecule has 0 aliphatic rings. The van der Waals surface area contributed by atoms with Crippen LogP contribution in [0.5, 0.6) is 11.5 Å². The van der Waals surface area contributed by atoms with Gasteiger partial charge >= 0.3 is 0 Å². The SMILES string of the molecule is CCCCn1nnnc1NCc1ccc(OCC)c(OC)c1. The quantitative estimate of drug-likeness (QED) is 0.767. The van der Waals surface area contributed by atoms with E-state index in [4.69, 9.17) is 9.47 Å². The van der Waals surface area contributed by atoms with Gasteiger partial charge in [0, 0.05) is 13.1 Å². The maximum Gasteiger partial charge on any atom is 0.243 e. The summed E-state index contributed by atoms with van der Waals surface area (Å²) in [4.78, 5) is 0. The zero-order valence-electron chi connectivity index (χ0n) is 13.4. The Labute approximate surface area is 130 Å². The van der Waals surface area contributed by atoms with Gasteiger partial charge in [0.15, 0.2) is 11.5 Å². The fraction of sp³-hybridized carbons (Fsp3) is 0.533. The molecule has 0 amide bonds. The van der Waals surface area contributed by atoms with Crippen molar-refractivity contribution in [2.75, 3.05) is 19.0 Å². The Hall–Kier alpha value is -2.31. The lowest BCUT2D eigenvalue weighted by Gasteiger charge is -2.11. The molecule has 1 aromatic heterocycles. The van der Waals surface area contributed by atoms with E-state index in [0.29, 0.717) is 19.1 Å². The van der Waals surface area contributed by atoms with Gasteiger partial charge in [-0.1, -0.05) is 24.5 Å². The Morgan fingerprint density at radius 1 is 1.23 bits per heavy atom. The molecule has 0 aliphatic carbocycles. The molecule has 120 valence electrons. The minimum atomic E-state index is 0.611. The van der Waals surface area contributed by atoms with E-state index in [1.165, 1.54) is 0 Å². The molecule has 0 unspecified atom stereocenters. The van der Waals surface area contributed by atoms with Crippen LogP contribution in [0.2, 0.25) is 0 Å². The van der Waals surface area contributed by atoms with E-state index in [1.807, 2.05) is 25.1 Å². The van der Waals surface area contributed by atoms with E-state index < -0.39 is 0 Å². The Morgan fingerprint density at radius 2 is 2.09 bits per heavy atom. The number of rotatable bonds is 9. The van der Waals surface area contributed by atoms with Crippen LogP contribution < -0.4 is 14.8 Å². The normalized spacial score (nSPS) is 10.5. The predicted octanol–water partition coefficient (Wildman–Crippen LogP) is 2.49. The van der Waals surface area contributed by atoms with Gasteiger partial charge in [-0.25, -0.2) is 4.68 Å². The summed E-state index contributed by atoms with van der Waals surface area (Å²) in [5, 5.41) is 15.0. The first-order valence-electron chi connectivity index (χ1n) is 7.58. The fourth-order valence-corrected chi connectivity index (χ4v) is 2.07. The van der Waals surface area contributed by atoms with Crippen molar-refractivity contribution in [2.24, 2.45) is 0 Å². The predicted molar refractivity (Wildman–Crippen MR) is 84.2 cm³/mol. The van der Waals surface area contributed by atoms with Gasteiger partial charge in [-0.3, -0.25) is 0 Å². The van der Waals surface area contributed by atoms with Gasteiger partial charge in [0.25, 0.3) is 0 Å². The molecule has 2 rings (SSSR count). The highest BCUT2D eigenvalue weighted by Crippen LogP contribution is 2.28. The maximum atomic E-state index is 5.51. The van der Waals surface area contributed by atoms with Crippen LogP contribution in [-0.2, 0) is 13.1 Å². The Kier molecular flexibility index (Phi) is 6.00. The molecule has 0 saturated carbocycles. The van der Waals surface area contributed by atoms with E-state index in [9.17, 15) is 0 Å². The van der Waals surface area contributed by atoms with E-state index >= 15 is 0 Å².